The molecule has 4 aromatic carbocycles. The van der Waals surface area contributed by atoms with Crippen LogP contribution in [0.5, 0.6) is 0 Å². The maximum Gasteiger partial charge on any atom is 0.254 e. The molecule has 2 aliphatic rings. The Kier molecular flexibility index (Phi) is 9.43. The lowest BCUT2D eigenvalue weighted by molar-refractivity contribution is -0.140. The molecule has 234 valence electrons. The second-order valence-electron chi connectivity index (χ2n) is 12.2. The predicted octanol–water partition coefficient (Wildman–Crippen LogP) is 6.74. The van der Waals surface area contributed by atoms with E-state index in [1.54, 1.807) is 47.4 Å². The Labute approximate surface area is 273 Å². The summed E-state index contributed by atoms with van der Waals surface area (Å²) >= 11 is 12.7. The molecular formula is C36H37Cl2FN4O2. The van der Waals surface area contributed by atoms with Gasteiger partial charge in [0.1, 0.15) is 5.82 Å². The lowest BCUT2D eigenvalue weighted by Crippen LogP contribution is -2.63. The number of piperazine rings is 1. The third-order valence-corrected chi connectivity index (χ3v) is 10.0. The van der Waals surface area contributed by atoms with Gasteiger partial charge in [0, 0.05) is 43.2 Å². The van der Waals surface area contributed by atoms with Gasteiger partial charge in [0.25, 0.3) is 5.91 Å². The van der Waals surface area contributed by atoms with Crippen LogP contribution in [0.25, 0.3) is 10.8 Å². The molecule has 4 aromatic rings. The molecule has 0 bridgehead atoms. The Balaban J connectivity index is 1.17. The highest BCUT2D eigenvalue weighted by Crippen LogP contribution is 2.37. The van der Waals surface area contributed by atoms with Crippen molar-refractivity contribution in [2.45, 2.75) is 37.9 Å². The fourth-order valence-corrected chi connectivity index (χ4v) is 7.04. The van der Waals surface area contributed by atoms with Gasteiger partial charge in [-0.1, -0.05) is 83.9 Å². The van der Waals surface area contributed by atoms with E-state index in [0.29, 0.717) is 39.5 Å². The van der Waals surface area contributed by atoms with Crippen molar-refractivity contribution < 1.29 is 14.0 Å². The van der Waals surface area contributed by atoms with Gasteiger partial charge in [-0.3, -0.25) is 14.5 Å². The fourth-order valence-electron chi connectivity index (χ4n) is 6.74. The Hall–Kier alpha value is -3.49. The largest absolute Gasteiger partial charge is 0.334 e. The molecule has 1 unspecified atom stereocenters. The summed E-state index contributed by atoms with van der Waals surface area (Å²) in [6, 6.07) is 26.0. The van der Waals surface area contributed by atoms with Crippen LogP contribution >= 0.6 is 23.2 Å². The number of benzene rings is 4. The molecule has 0 aliphatic carbocycles. The molecular weight excluding hydrogens is 610 g/mol. The summed E-state index contributed by atoms with van der Waals surface area (Å²) in [6.07, 6.45) is 1.94. The number of rotatable bonds is 7. The van der Waals surface area contributed by atoms with Crippen molar-refractivity contribution in [2.24, 2.45) is 0 Å². The van der Waals surface area contributed by atoms with Crippen LogP contribution in [-0.4, -0.2) is 71.8 Å². The van der Waals surface area contributed by atoms with Crippen LogP contribution in [0.1, 0.15) is 41.3 Å². The second-order valence-corrected chi connectivity index (χ2v) is 13.0. The van der Waals surface area contributed by atoms with Crippen molar-refractivity contribution in [3.63, 3.8) is 0 Å². The van der Waals surface area contributed by atoms with Crippen LogP contribution in [0.2, 0.25) is 10.0 Å². The van der Waals surface area contributed by atoms with E-state index in [1.807, 2.05) is 24.0 Å². The summed E-state index contributed by atoms with van der Waals surface area (Å²) in [5.74, 6) is -0.604. The number of hydrogen-bond donors (Lipinski definition) is 1. The van der Waals surface area contributed by atoms with Gasteiger partial charge in [0.05, 0.1) is 22.1 Å². The van der Waals surface area contributed by atoms with E-state index in [2.05, 4.69) is 34.5 Å². The van der Waals surface area contributed by atoms with Crippen molar-refractivity contribution in [3.8, 4) is 0 Å². The first kappa shape index (κ1) is 31.5. The first-order chi connectivity index (χ1) is 21.7. The lowest BCUT2D eigenvalue weighted by atomic mass is 9.86. The monoisotopic (exact) mass is 646 g/mol. The van der Waals surface area contributed by atoms with Crippen LogP contribution in [-0.2, 0) is 16.9 Å². The van der Waals surface area contributed by atoms with Gasteiger partial charge in [-0.15, -0.1) is 0 Å². The predicted molar refractivity (Wildman–Crippen MR) is 178 cm³/mol. The minimum absolute atomic E-state index is 0.0328. The molecule has 9 heteroatoms. The zero-order chi connectivity index (χ0) is 31.6. The topological polar surface area (TPSA) is 55.9 Å². The highest BCUT2D eigenvalue weighted by atomic mass is 35.5. The van der Waals surface area contributed by atoms with Crippen LogP contribution < -0.4 is 5.32 Å². The van der Waals surface area contributed by atoms with Gasteiger partial charge in [-0.05, 0) is 73.6 Å². The summed E-state index contributed by atoms with van der Waals surface area (Å²) in [5, 5.41) is 5.29. The molecule has 2 fully saturated rings. The molecule has 1 N–H and O–H groups in total. The second kappa shape index (κ2) is 13.5. The molecule has 0 saturated carbocycles. The Morgan fingerprint density at radius 1 is 0.867 bits per heavy atom. The number of amides is 2. The summed E-state index contributed by atoms with van der Waals surface area (Å²) in [6.45, 7) is 6.00. The maximum absolute atomic E-state index is 14.5. The normalized spacial score (nSPS) is 19.6. The number of carbonyl (C=O) groups excluding carboxylic acids is 2. The van der Waals surface area contributed by atoms with Crippen molar-refractivity contribution in [2.75, 3.05) is 39.3 Å². The molecule has 6 nitrogen and oxygen atoms in total. The number of halogens is 3. The van der Waals surface area contributed by atoms with E-state index < -0.39 is 5.54 Å². The van der Waals surface area contributed by atoms with Crippen molar-refractivity contribution >= 4 is 45.8 Å². The van der Waals surface area contributed by atoms with Gasteiger partial charge in [0.2, 0.25) is 5.91 Å². The number of carbonyl (C=O) groups is 2. The van der Waals surface area contributed by atoms with E-state index in [0.717, 1.165) is 38.0 Å². The Morgan fingerprint density at radius 2 is 1.58 bits per heavy atom. The van der Waals surface area contributed by atoms with Crippen LogP contribution in [0.3, 0.4) is 0 Å². The van der Waals surface area contributed by atoms with Gasteiger partial charge in [0.15, 0.2) is 0 Å². The van der Waals surface area contributed by atoms with Crippen molar-refractivity contribution in [3.05, 3.63) is 117 Å². The number of likely N-dealkylation sites (tertiary alicyclic amines) is 1. The summed E-state index contributed by atoms with van der Waals surface area (Å²) in [5.41, 5.74) is 1.67. The quantitative estimate of drug-likeness (QED) is 0.242. The third kappa shape index (κ3) is 6.73. The average Bonchev–Trinajstić information content (AvgIpc) is 3.06. The highest BCUT2D eigenvalue weighted by Gasteiger charge is 2.43. The minimum atomic E-state index is -0.865. The number of nitrogens with one attached hydrogen (secondary N) is 1. The summed E-state index contributed by atoms with van der Waals surface area (Å²) < 4.78 is 14.5. The Morgan fingerprint density at radius 3 is 2.31 bits per heavy atom. The first-order valence-electron chi connectivity index (χ1n) is 15.4. The molecule has 6 rings (SSSR count). The molecule has 2 aliphatic heterocycles. The van der Waals surface area contributed by atoms with E-state index in [-0.39, 0.29) is 36.8 Å². The number of hydrogen-bond acceptors (Lipinski definition) is 4. The molecule has 2 saturated heterocycles. The van der Waals surface area contributed by atoms with E-state index in [4.69, 9.17) is 23.2 Å². The van der Waals surface area contributed by atoms with Gasteiger partial charge < -0.3 is 15.1 Å². The lowest BCUT2D eigenvalue weighted by Gasteiger charge is -2.49. The minimum Gasteiger partial charge on any atom is -0.334 e. The molecule has 0 radical (unpaired) electrons. The third-order valence-electron chi connectivity index (χ3n) is 9.30. The van der Waals surface area contributed by atoms with Gasteiger partial charge in [-0.2, -0.15) is 0 Å². The molecule has 0 aromatic heterocycles. The Bertz CT molecular complexity index is 1700. The highest BCUT2D eigenvalue weighted by molar-refractivity contribution is 6.42. The zero-order valence-electron chi connectivity index (χ0n) is 25.3. The molecule has 1 atom stereocenters. The molecule has 2 amide bonds. The first-order valence-corrected chi connectivity index (χ1v) is 16.2. The van der Waals surface area contributed by atoms with Gasteiger partial charge >= 0.3 is 0 Å². The van der Waals surface area contributed by atoms with E-state index >= 15 is 0 Å². The van der Waals surface area contributed by atoms with E-state index in [9.17, 15) is 14.0 Å². The zero-order valence-corrected chi connectivity index (χ0v) is 26.8. The fraction of sp³-hybridized carbons (Fsp3) is 0.333. The number of fused-ring (bicyclic) bond motifs is 1. The van der Waals surface area contributed by atoms with Gasteiger partial charge in [-0.25, -0.2) is 4.39 Å². The standard InChI is InChI=1S/C36H37Cl2FN4O2/c1-36(26-11-13-31(37)32(38)21-26)24-42(35(45)30-12-14-33(39)29-10-6-5-9-28(29)30)19-20-43(36)34(44)22-40-27-15-17-41(18-16-27)23-25-7-3-2-4-8-25/h2-14,21,27,40H,15-20,22-24H2,1H3. The molecule has 0 spiro atoms. The molecule has 2 heterocycles. The summed E-state index contributed by atoms with van der Waals surface area (Å²) in [7, 11) is 0. The maximum atomic E-state index is 14.5. The SMILES string of the molecule is CC1(c2ccc(Cl)c(Cl)c2)CN(C(=O)c2ccc(F)c3ccccc23)CCN1C(=O)CNC1CCN(Cc2ccccc2)CC1. The van der Waals surface area contributed by atoms with Crippen molar-refractivity contribution in [1.82, 2.24) is 20.0 Å². The molecule has 45 heavy (non-hydrogen) atoms. The van der Waals surface area contributed by atoms with Crippen LogP contribution in [0, 0.1) is 5.82 Å². The van der Waals surface area contributed by atoms with E-state index in [1.165, 1.54) is 11.6 Å². The summed E-state index contributed by atoms with van der Waals surface area (Å²) in [4.78, 5) is 33.9. The smallest absolute Gasteiger partial charge is 0.254 e. The number of piperidine rings is 1. The van der Waals surface area contributed by atoms with Crippen LogP contribution in [0.4, 0.5) is 4.39 Å². The van der Waals surface area contributed by atoms with Crippen molar-refractivity contribution in [1.29, 1.82) is 0 Å². The average molecular weight is 648 g/mol. The van der Waals surface area contributed by atoms with Crippen LogP contribution in [0.15, 0.2) is 84.9 Å². The number of nitrogens with zero attached hydrogens (tertiary/aromatic N) is 3.